The second kappa shape index (κ2) is 9.85. The zero-order valence-electron chi connectivity index (χ0n) is 17.2. The molecule has 162 valence electrons. The molecule has 0 spiro atoms. The van der Waals surface area contributed by atoms with E-state index in [9.17, 15) is 13.2 Å². The summed E-state index contributed by atoms with van der Waals surface area (Å²) in [5.74, 6) is 0.298. The van der Waals surface area contributed by atoms with Crippen LogP contribution in [0.1, 0.15) is 11.1 Å². The minimum Gasteiger partial charge on any atom is -0.497 e. The maximum absolute atomic E-state index is 13.4. The van der Waals surface area contributed by atoms with Crippen LogP contribution < -0.4 is 14.4 Å². The number of halogens is 1. The van der Waals surface area contributed by atoms with Crippen molar-refractivity contribution >= 4 is 33.2 Å². The predicted molar refractivity (Wildman–Crippen MR) is 122 cm³/mol. The van der Waals surface area contributed by atoms with E-state index in [1.165, 1.54) is 24.3 Å². The molecule has 0 saturated carbocycles. The van der Waals surface area contributed by atoms with Gasteiger partial charge in [0.15, 0.2) is 0 Å². The number of amides is 1. The molecule has 0 bridgehead atoms. The zero-order chi connectivity index (χ0) is 22.4. The number of benzene rings is 3. The first-order chi connectivity index (χ1) is 14.8. The summed E-state index contributed by atoms with van der Waals surface area (Å²) < 4.78 is 33.0. The van der Waals surface area contributed by atoms with Crippen LogP contribution in [-0.4, -0.2) is 28.0 Å². The smallest absolute Gasteiger partial charge is 0.264 e. The molecule has 3 aromatic rings. The van der Waals surface area contributed by atoms with Gasteiger partial charge in [-0.15, -0.1) is 0 Å². The fourth-order valence-corrected chi connectivity index (χ4v) is 4.62. The molecule has 0 fully saturated rings. The number of rotatable bonds is 8. The minimum absolute atomic E-state index is 0.0584. The van der Waals surface area contributed by atoms with E-state index in [1.807, 2.05) is 18.2 Å². The van der Waals surface area contributed by atoms with E-state index in [0.717, 1.165) is 21.2 Å². The van der Waals surface area contributed by atoms with Crippen molar-refractivity contribution in [2.75, 3.05) is 18.0 Å². The van der Waals surface area contributed by atoms with Gasteiger partial charge in [0.05, 0.1) is 17.7 Å². The first-order valence-corrected chi connectivity index (χ1v) is 11.4. The van der Waals surface area contributed by atoms with Gasteiger partial charge >= 0.3 is 0 Å². The molecule has 8 heteroatoms. The molecule has 0 radical (unpaired) electrons. The molecule has 3 aromatic carbocycles. The molecule has 0 heterocycles. The molecule has 0 aromatic heterocycles. The summed E-state index contributed by atoms with van der Waals surface area (Å²) in [5, 5.41) is 3.21. The number of aryl methyl sites for hydroxylation is 1. The second-order valence-electron chi connectivity index (χ2n) is 6.88. The molecule has 3 rings (SSSR count). The number of anilines is 1. The normalized spacial score (nSPS) is 11.1. The average Bonchev–Trinajstić information content (AvgIpc) is 2.77. The van der Waals surface area contributed by atoms with E-state index in [0.29, 0.717) is 10.7 Å². The summed E-state index contributed by atoms with van der Waals surface area (Å²) in [5.41, 5.74) is 2.05. The maximum atomic E-state index is 13.4. The van der Waals surface area contributed by atoms with Gasteiger partial charge in [0.2, 0.25) is 5.91 Å². The van der Waals surface area contributed by atoms with E-state index < -0.39 is 15.9 Å². The van der Waals surface area contributed by atoms with Crippen molar-refractivity contribution in [3.8, 4) is 5.75 Å². The Kier molecular flexibility index (Phi) is 7.20. The van der Waals surface area contributed by atoms with Crippen molar-refractivity contribution in [1.29, 1.82) is 0 Å². The van der Waals surface area contributed by atoms with Gasteiger partial charge in [-0.1, -0.05) is 41.9 Å². The van der Waals surface area contributed by atoms with Crippen molar-refractivity contribution < 1.29 is 17.9 Å². The fraction of sp³-hybridized carbons (Fsp3) is 0.174. The molecule has 0 aliphatic heterocycles. The van der Waals surface area contributed by atoms with Crippen molar-refractivity contribution in [3.63, 3.8) is 0 Å². The average molecular weight is 459 g/mol. The molecular formula is C23H23ClN2O4S. The van der Waals surface area contributed by atoms with Crippen LogP contribution in [0.4, 0.5) is 5.69 Å². The van der Waals surface area contributed by atoms with Crippen molar-refractivity contribution in [2.45, 2.75) is 18.4 Å². The van der Waals surface area contributed by atoms with Crippen LogP contribution in [0.5, 0.6) is 5.75 Å². The summed E-state index contributed by atoms with van der Waals surface area (Å²) >= 11 is 5.91. The highest BCUT2D eigenvalue weighted by Gasteiger charge is 2.28. The molecule has 6 nitrogen and oxygen atoms in total. The van der Waals surface area contributed by atoms with E-state index in [-0.39, 0.29) is 18.0 Å². The highest BCUT2D eigenvalue weighted by Crippen LogP contribution is 2.27. The molecule has 0 atom stereocenters. The number of ether oxygens (including phenoxy) is 1. The number of sulfonamides is 1. The van der Waals surface area contributed by atoms with Gasteiger partial charge in [-0.3, -0.25) is 9.10 Å². The Morgan fingerprint density at radius 2 is 1.65 bits per heavy atom. The van der Waals surface area contributed by atoms with Gasteiger partial charge in [-0.25, -0.2) is 8.42 Å². The van der Waals surface area contributed by atoms with E-state index in [4.69, 9.17) is 16.3 Å². The van der Waals surface area contributed by atoms with Gasteiger partial charge in [0.25, 0.3) is 10.0 Å². The molecule has 0 aliphatic carbocycles. The van der Waals surface area contributed by atoms with Crippen LogP contribution in [0, 0.1) is 6.92 Å². The Balaban J connectivity index is 1.83. The summed E-state index contributed by atoms with van der Waals surface area (Å²) in [4.78, 5) is 12.8. The van der Waals surface area contributed by atoms with Crippen LogP contribution in [-0.2, 0) is 21.4 Å². The van der Waals surface area contributed by atoms with Crippen molar-refractivity contribution in [1.82, 2.24) is 5.32 Å². The van der Waals surface area contributed by atoms with Crippen LogP contribution in [0.3, 0.4) is 0 Å². The highest BCUT2D eigenvalue weighted by molar-refractivity contribution is 7.92. The summed E-state index contributed by atoms with van der Waals surface area (Å²) in [6.07, 6.45) is 0. The molecule has 0 unspecified atom stereocenters. The van der Waals surface area contributed by atoms with Crippen LogP contribution in [0.15, 0.2) is 77.7 Å². The Bertz CT molecular complexity index is 1150. The molecule has 1 N–H and O–H groups in total. The lowest BCUT2D eigenvalue weighted by Gasteiger charge is -2.25. The number of nitrogens with one attached hydrogen (secondary N) is 1. The van der Waals surface area contributed by atoms with Gasteiger partial charge in [-0.05, 0) is 60.5 Å². The summed E-state index contributed by atoms with van der Waals surface area (Å²) in [6.45, 7) is 1.71. The number of hydrogen-bond acceptors (Lipinski definition) is 4. The zero-order valence-corrected chi connectivity index (χ0v) is 18.8. The van der Waals surface area contributed by atoms with E-state index >= 15 is 0 Å². The van der Waals surface area contributed by atoms with Crippen LogP contribution in [0.25, 0.3) is 0 Å². The number of para-hydroxylation sites is 1. The Morgan fingerprint density at radius 3 is 2.26 bits per heavy atom. The molecule has 31 heavy (non-hydrogen) atoms. The van der Waals surface area contributed by atoms with Gasteiger partial charge in [-0.2, -0.15) is 0 Å². The molecular weight excluding hydrogens is 436 g/mol. The molecule has 0 saturated heterocycles. The van der Waals surface area contributed by atoms with E-state index in [1.54, 1.807) is 44.4 Å². The van der Waals surface area contributed by atoms with Gasteiger partial charge in [0, 0.05) is 11.6 Å². The third kappa shape index (κ3) is 5.57. The van der Waals surface area contributed by atoms with E-state index in [2.05, 4.69) is 5.32 Å². The predicted octanol–water partition coefficient (Wildman–Crippen LogP) is 4.17. The standard InChI is InChI=1S/C23H23ClN2O4S/c1-17-5-3-4-6-22(17)26(31(28,29)21-13-9-19(24)10-14-21)16-23(27)25-15-18-7-11-20(30-2)12-8-18/h3-14H,15-16H2,1-2H3,(H,25,27). The third-order valence-electron chi connectivity index (χ3n) is 4.72. The van der Waals surface area contributed by atoms with Crippen molar-refractivity contribution in [2.24, 2.45) is 0 Å². The fourth-order valence-electron chi connectivity index (χ4n) is 3.01. The Labute approximate surface area is 187 Å². The number of carbonyl (C=O) groups excluding carboxylic acids is 1. The maximum Gasteiger partial charge on any atom is 0.264 e. The number of hydrogen-bond donors (Lipinski definition) is 1. The Morgan fingerprint density at radius 1 is 1.00 bits per heavy atom. The topological polar surface area (TPSA) is 75.7 Å². The third-order valence-corrected chi connectivity index (χ3v) is 6.75. The van der Waals surface area contributed by atoms with Crippen LogP contribution in [0.2, 0.25) is 5.02 Å². The number of nitrogens with zero attached hydrogens (tertiary/aromatic N) is 1. The quantitative estimate of drug-likeness (QED) is 0.549. The lowest BCUT2D eigenvalue weighted by Crippen LogP contribution is -2.41. The summed E-state index contributed by atoms with van der Waals surface area (Å²) in [7, 11) is -2.40. The lowest BCUT2D eigenvalue weighted by atomic mass is 10.2. The SMILES string of the molecule is COc1ccc(CNC(=O)CN(c2ccccc2C)S(=O)(=O)c2ccc(Cl)cc2)cc1. The summed E-state index contributed by atoms with van der Waals surface area (Å²) in [6, 6.07) is 20.2. The monoisotopic (exact) mass is 458 g/mol. The molecule has 0 aliphatic rings. The highest BCUT2D eigenvalue weighted by atomic mass is 35.5. The van der Waals surface area contributed by atoms with Gasteiger partial charge < -0.3 is 10.1 Å². The number of carbonyl (C=O) groups is 1. The second-order valence-corrected chi connectivity index (χ2v) is 9.18. The first-order valence-electron chi connectivity index (χ1n) is 9.55. The largest absolute Gasteiger partial charge is 0.497 e. The number of methoxy groups -OCH3 is 1. The van der Waals surface area contributed by atoms with Gasteiger partial charge in [0.1, 0.15) is 12.3 Å². The lowest BCUT2D eigenvalue weighted by molar-refractivity contribution is -0.119. The molecule has 1 amide bonds. The minimum atomic E-state index is -3.98. The Hall–Kier alpha value is -3.03. The van der Waals surface area contributed by atoms with Crippen molar-refractivity contribution in [3.05, 3.63) is 88.9 Å². The van der Waals surface area contributed by atoms with Crippen LogP contribution >= 0.6 is 11.6 Å². The first kappa shape index (κ1) is 22.7.